The zero-order chi connectivity index (χ0) is 10.7. The van der Waals surface area contributed by atoms with E-state index in [1.807, 2.05) is 12.3 Å². The van der Waals surface area contributed by atoms with Crippen LogP contribution in [-0.4, -0.2) is 18.1 Å². The van der Waals surface area contributed by atoms with Gasteiger partial charge in [0.15, 0.2) is 0 Å². The van der Waals surface area contributed by atoms with Crippen LogP contribution in [0, 0.1) is 0 Å². The van der Waals surface area contributed by atoms with E-state index in [4.69, 9.17) is 5.73 Å². The quantitative estimate of drug-likeness (QED) is 0.744. The van der Waals surface area contributed by atoms with E-state index in [0.717, 1.165) is 25.2 Å². The molecule has 3 heteroatoms. The Labute approximate surface area is 90.6 Å². The summed E-state index contributed by atoms with van der Waals surface area (Å²) in [6.07, 6.45) is 5.34. The number of nitrogens with two attached hydrogens (primary N) is 1. The molecule has 80 valence electrons. The van der Waals surface area contributed by atoms with E-state index in [0.29, 0.717) is 6.54 Å². The van der Waals surface area contributed by atoms with E-state index in [9.17, 15) is 0 Å². The van der Waals surface area contributed by atoms with Crippen LogP contribution in [0.25, 0.3) is 0 Å². The van der Waals surface area contributed by atoms with Gasteiger partial charge in [0.2, 0.25) is 0 Å². The summed E-state index contributed by atoms with van der Waals surface area (Å²) < 4.78 is 0. The van der Waals surface area contributed by atoms with Crippen molar-refractivity contribution in [2.24, 2.45) is 5.73 Å². The highest BCUT2D eigenvalue weighted by molar-refractivity contribution is 5.46. The van der Waals surface area contributed by atoms with Crippen LogP contribution in [0.3, 0.4) is 0 Å². The summed E-state index contributed by atoms with van der Waals surface area (Å²) in [7, 11) is 0. The maximum atomic E-state index is 5.51. The molecule has 0 aromatic carbocycles. The Hall–Kier alpha value is -1.35. The second-order valence-electron chi connectivity index (χ2n) is 3.96. The molecule has 0 unspecified atom stereocenters. The maximum absolute atomic E-state index is 5.51. The highest BCUT2D eigenvalue weighted by Crippen LogP contribution is 2.18. The number of anilines is 1. The first-order valence-electron chi connectivity index (χ1n) is 5.35. The molecule has 1 aliphatic heterocycles. The standard InChI is InChI=1S/C12H17N3/c1-10-4-6-15(7-5-10)12-3-2-11(8-13)14-9-12/h2-4,9H,5-8,13H2,1H3. The van der Waals surface area contributed by atoms with Crippen LogP contribution in [0.4, 0.5) is 5.69 Å². The van der Waals surface area contributed by atoms with Crippen molar-refractivity contribution in [3.05, 3.63) is 35.7 Å². The van der Waals surface area contributed by atoms with Crippen molar-refractivity contribution in [1.29, 1.82) is 0 Å². The molecule has 1 aromatic rings. The molecule has 0 spiro atoms. The lowest BCUT2D eigenvalue weighted by atomic mass is 10.1. The minimum atomic E-state index is 0.513. The summed E-state index contributed by atoms with van der Waals surface area (Å²) in [5.74, 6) is 0. The molecule has 0 radical (unpaired) electrons. The number of hydrogen-bond donors (Lipinski definition) is 1. The Kier molecular flexibility index (Phi) is 3.02. The lowest BCUT2D eigenvalue weighted by Gasteiger charge is -2.27. The molecule has 0 fully saturated rings. The van der Waals surface area contributed by atoms with E-state index >= 15 is 0 Å². The Morgan fingerprint density at radius 1 is 1.47 bits per heavy atom. The summed E-state index contributed by atoms with van der Waals surface area (Å²) >= 11 is 0. The van der Waals surface area contributed by atoms with Crippen molar-refractivity contribution in [3.8, 4) is 0 Å². The number of rotatable bonds is 2. The third-order valence-electron chi connectivity index (χ3n) is 2.82. The van der Waals surface area contributed by atoms with E-state index < -0.39 is 0 Å². The Morgan fingerprint density at radius 3 is 2.87 bits per heavy atom. The van der Waals surface area contributed by atoms with Crippen LogP contribution >= 0.6 is 0 Å². The first-order chi connectivity index (χ1) is 7.29. The topological polar surface area (TPSA) is 42.1 Å². The van der Waals surface area contributed by atoms with Gasteiger partial charge in [-0.25, -0.2) is 0 Å². The zero-order valence-corrected chi connectivity index (χ0v) is 9.11. The predicted molar refractivity (Wildman–Crippen MR) is 62.7 cm³/mol. The van der Waals surface area contributed by atoms with Crippen LogP contribution in [0.15, 0.2) is 30.0 Å². The van der Waals surface area contributed by atoms with Gasteiger partial charge in [-0.15, -0.1) is 0 Å². The highest BCUT2D eigenvalue weighted by atomic mass is 15.1. The Bertz CT molecular complexity index is 354. The number of nitrogens with zero attached hydrogens (tertiary/aromatic N) is 2. The van der Waals surface area contributed by atoms with Gasteiger partial charge in [-0.2, -0.15) is 0 Å². The first-order valence-corrected chi connectivity index (χ1v) is 5.35. The highest BCUT2D eigenvalue weighted by Gasteiger charge is 2.09. The molecule has 0 atom stereocenters. The summed E-state index contributed by atoms with van der Waals surface area (Å²) in [4.78, 5) is 6.64. The molecule has 0 amide bonds. The van der Waals surface area contributed by atoms with E-state index in [1.54, 1.807) is 0 Å². The second-order valence-corrected chi connectivity index (χ2v) is 3.96. The predicted octanol–water partition coefficient (Wildman–Crippen LogP) is 1.70. The Morgan fingerprint density at radius 2 is 2.33 bits per heavy atom. The molecule has 0 aliphatic carbocycles. The van der Waals surface area contributed by atoms with Crippen molar-refractivity contribution in [2.45, 2.75) is 19.9 Å². The normalized spacial score (nSPS) is 16.4. The van der Waals surface area contributed by atoms with Crippen molar-refractivity contribution in [3.63, 3.8) is 0 Å². The van der Waals surface area contributed by atoms with Gasteiger partial charge >= 0.3 is 0 Å². The SMILES string of the molecule is CC1=CCN(c2ccc(CN)nc2)CC1. The minimum Gasteiger partial charge on any atom is -0.366 e. The molecule has 2 rings (SSSR count). The van der Waals surface area contributed by atoms with Crippen LogP contribution < -0.4 is 10.6 Å². The van der Waals surface area contributed by atoms with Gasteiger partial charge in [0.25, 0.3) is 0 Å². The second kappa shape index (κ2) is 4.45. The van der Waals surface area contributed by atoms with Gasteiger partial charge in [-0.1, -0.05) is 11.6 Å². The monoisotopic (exact) mass is 203 g/mol. The van der Waals surface area contributed by atoms with E-state index in [2.05, 4.69) is 29.0 Å². The van der Waals surface area contributed by atoms with Gasteiger partial charge in [-0.3, -0.25) is 4.98 Å². The van der Waals surface area contributed by atoms with Gasteiger partial charge in [0.05, 0.1) is 17.6 Å². The van der Waals surface area contributed by atoms with Crippen molar-refractivity contribution in [2.75, 3.05) is 18.0 Å². The van der Waals surface area contributed by atoms with Crippen molar-refractivity contribution < 1.29 is 0 Å². The number of hydrogen-bond acceptors (Lipinski definition) is 3. The van der Waals surface area contributed by atoms with Gasteiger partial charge in [0, 0.05) is 19.6 Å². The largest absolute Gasteiger partial charge is 0.366 e. The summed E-state index contributed by atoms with van der Waals surface area (Å²) in [6, 6.07) is 4.10. The fraction of sp³-hybridized carbons (Fsp3) is 0.417. The third-order valence-corrected chi connectivity index (χ3v) is 2.82. The van der Waals surface area contributed by atoms with Crippen molar-refractivity contribution in [1.82, 2.24) is 4.98 Å². The zero-order valence-electron chi connectivity index (χ0n) is 9.11. The minimum absolute atomic E-state index is 0.513. The van der Waals surface area contributed by atoms with Crippen LogP contribution in [0.1, 0.15) is 19.0 Å². The number of aromatic nitrogens is 1. The van der Waals surface area contributed by atoms with Crippen molar-refractivity contribution >= 4 is 5.69 Å². The Balaban J connectivity index is 2.10. The molecule has 0 saturated heterocycles. The smallest absolute Gasteiger partial charge is 0.0555 e. The van der Waals surface area contributed by atoms with Crippen LogP contribution in [0.5, 0.6) is 0 Å². The maximum Gasteiger partial charge on any atom is 0.0555 e. The molecule has 0 bridgehead atoms. The summed E-state index contributed by atoms with van der Waals surface area (Å²) in [6.45, 7) is 4.79. The first kappa shape index (κ1) is 10.2. The fourth-order valence-corrected chi connectivity index (χ4v) is 1.73. The van der Waals surface area contributed by atoms with Gasteiger partial charge < -0.3 is 10.6 Å². The average molecular weight is 203 g/mol. The molecule has 1 aliphatic rings. The fourth-order valence-electron chi connectivity index (χ4n) is 1.73. The molecular weight excluding hydrogens is 186 g/mol. The van der Waals surface area contributed by atoms with Gasteiger partial charge in [-0.05, 0) is 25.5 Å². The third kappa shape index (κ3) is 2.36. The van der Waals surface area contributed by atoms with E-state index in [-0.39, 0.29) is 0 Å². The molecule has 2 N–H and O–H groups in total. The van der Waals surface area contributed by atoms with E-state index in [1.165, 1.54) is 11.3 Å². The van der Waals surface area contributed by atoms with Crippen LogP contribution in [-0.2, 0) is 6.54 Å². The molecular formula is C12H17N3. The average Bonchev–Trinajstić information content (AvgIpc) is 2.30. The molecule has 3 nitrogen and oxygen atoms in total. The molecule has 0 saturated carbocycles. The lowest BCUT2D eigenvalue weighted by Crippen LogP contribution is -2.28. The number of pyridine rings is 1. The lowest BCUT2D eigenvalue weighted by molar-refractivity contribution is 0.784. The molecule has 2 heterocycles. The molecule has 15 heavy (non-hydrogen) atoms. The molecule has 1 aromatic heterocycles. The van der Waals surface area contributed by atoms with Gasteiger partial charge in [0.1, 0.15) is 0 Å². The summed E-state index contributed by atoms with van der Waals surface area (Å²) in [5, 5.41) is 0. The summed E-state index contributed by atoms with van der Waals surface area (Å²) in [5.41, 5.74) is 9.13. The van der Waals surface area contributed by atoms with Crippen LogP contribution in [0.2, 0.25) is 0 Å².